The molecule has 0 aliphatic carbocycles. The van der Waals surface area contributed by atoms with Crippen molar-refractivity contribution in [1.82, 2.24) is 19.9 Å². The lowest BCUT2D eigenvalue weighted by molar-refractivity contribution is 1.08. The molecule has 2 heterocycles. The molecule has 0 amide bonds. The summed E-state index contributed by atoms with van der Waals surface area (Å²) in [5.74, 6) is 1.90. The molecule has 0 N–H and O–H groups in total. The van der Waals surface area contributed by atoms with Crippen LogP contribution in [0.1, 0.15) is 0 Å². The Morgan fingerprint density at radius 3 is 1.56 bits per heavy atom. The Balaban J connectivity index is 1.08. The predicted molar refractivity (Wildman–Crippen MR) is 224 cm³/mol. The first-order valence-corrected chi connectivity index (χ1v) is 18.2. The Labute approximate surface area is 311 Å². The normalized spacial score (nSPS) is 11.7. The molecule has 0 spiro atoms. The molecule has 11 aromatic rings. The fourth-order valence-corrected chi connectivity index (χ4v) is 8.10. The third-order valence-electron chi connectivity index (χ3n) is 10.7. The van der Waals surface area contributed by atoms with Crippen molar-refractivity contribution in [3.63, 3.8) is 0 Å². The monoisotopic (exact) mass is 686 g/mol. The van der Waals surface area contributed by atoms with E-state index in [4.69, 9.17) is 19.9 Å². The molecule has 0 aliphatic heterocycles. The van der Waals surface area contributed by atoms with Crippen LogP contribution < -0.4 is 0 Å². The number of hydrogen-bond acceptors (Lipinski definition) is 4. The summed E-state index contributed by atoms with van der Waals surface area (Å²) in [5.41, 5.74) is 6.13. The summed E-state index contributed by atoms with van der Waals surface area (Å²) in [6.45, 7) is 0. The molecule has 54 heavy (non-hydrogen) atoms. The van der Waals surface area contributed by atoms with Crippen LogP contribution in [0.2, 0.25) is 0 Å². The first kappa shape index (κ1) is 30.3. The van der Waals surface area contributed by atoms with Crippen molar-refractivity contribution in [2.75, 3.05) is 0 Å². The average Bonchev–Trinajstić information content (AvgIpc) is 3.26. The van der Waals surface area contributed by atoms with Crippen LogP contribution in [0.3, 0.4) is 0 Å². The summed E-state index contributed by atoms with van der Waals surface area (Å²) >= 11 is 0. The van der Waals surface area contributed by atoms with Gasteiger partial charge >= 0.3 is 0 Å². The van der Waals surface area contributed by atoms with Crippen molar-refractivity contribution in [1.29, 1.82) is 0 Å². The van der Waals surface area contributed by atoms with Crippen molar-refractivity contribution in [3.05, 3.63) is 182 Å². The largest absolute Gasteiger partial charge is 0.256 e. The second kappa shape index (κ2) is 12.1. The maximum atomic E-state index is 5.19. The fourth-order valence-electron chi connectivity index (χ4n) is 8.10. The topological polar surface area (TPSA) is 51.6 Å². The molecule has 250 valence electrons. The Morgan fingerprint density at radius 2 is 0.815 bits per heavy atom. The summed E-state index contributed by atoms with van der Waals surface area (Å²) < 4.78 is 0. The minimum absolute atomic E-state index is 0.630. The van der Waals surface area contributed by atoms with E-state index < -0.39 is 0 Å². The zero-order valence-corrected chi connectivity index (χ0v) is 29.1. The predicted octanol–water partition coefficient (Wildman–Crippen LogP) is 12.9. The molecule has 4 nitrogen and oxygen atoms in total. The lowest BCUT2D eigenvalue weighted by Crippen LogP contribution is -2.01. The summed E-state index contributed by atoms with van der Waals surface area (Å²) in [4.78, 5) is 20.1. The standard InChI is InChI=1S/C50H30N4/c1-2-11-32(12-3-1)48-52-49(54-50(53-48)46-30-35-13-10-26-51-47(35)44-19-9-8-18-42(44)46)36-23-21-31-20-22-33(27-37(31)28-36)34-24-25-43-40-16-5-4-14-38(40)39-15-6-7-17-41(39)45(43)29-34/h1-30H. The highest BCUT2D eigenvalue weighted by molar-refractivity contribution is 6.25. The van der Waals surface area contributed by atoms with E-state index in [1.165, 1.54) is 37.9 Å². The Hall–Kier alpha value is -7.30. The van der Waals surface area contributed by atoms with Crippen LogP contribution in [0, 0.1) is 0 Å². The van der Waals surface area contributed by atoms with E-state index in [1.54, 1.807) is 0 Å². The molecule has 0 bridgehead atoms. The summed E-state index contributed by atoms with van der Waals surface area (Å²) in [6.07, 6.45) is 1.85. The van der Waals surface area contributed by atoms with Gasteiger partial charge < -0.3 is 0 Å². The van der Waals surface area contributed by atoms with Crippen molar-refractivity contribution < 1.29 is 0 Å². The van der Waals surface area contributed by atoms with Gasteiger partial charge in [0.1, 0.15) is 0 Å². The summed E-state index contributed by atoms with van der Waals surface area (Å²) in [6, 6.07) is 62.3. The van der Waals surface area contributed by atoms with Crippen LogP contribution in [-0.2, 0) is 0 Å². The number of aromatic nitrogens is 4. The number of benzene rings is 9. The van der Waals surface area contributed by atoms with Crippen LogP contribution in [0.5, 0.6) is 0 Å². The summed E-state index contributed by atoms with van der Waals surface area (Å²) in [5, 5.41) is 13.1. The average molecular weight is 687 g/mol. The van der Waals surface area contributed by atoms with Crippen molar-refractivity contribution in [2.24, 2.45) is 0 Å². The number of nitrogens with zero attached hydrogens (tertiary/aromatic N) is 4. The fraction of sp³-hybridized carbons (Fsp3) is 0. The highest BCUT2D eigenvalue weighted by atomic mass is 15.0. The number of hydrogen-bond donors (Lipinski definition) is 0. The van der Waals surface area contributed by atoms with Crippen molar-refractivity contribution in [3.8, 4) is 45.3 Å². The molecule has 0 saturated heterocycles. The van der Waals surface area contributed by atoms with Gasteiger partial charge in [-0.2, -0.15) is 0 Å². The van der Waals surface area contributed by atoms with Crippen LogP contribution in [0.25, 0.3) is 110 Å². The second-order valence-corrected chi connectivity index (χ2v) is 13.8. The Morgan fingerprint density at radius 1 is 0.278 bits per heavy atom. The van der Waals surface area contributed by atoms with Crippen molar-refractivity contribution >= 4 is 64.8 Å². The van der Waals surface area contributed by atoms with Gasteiger partial charge in [0, 0.05) is 33.7 Å². The van der Waals surface area contributed by atoms with E-state index in [0.29, 0.717) is 17.5 Å². The van der Waals surface area contributed by atoms with E-state index >= 15 is 0 Å². The number of rotatable bonds is 4. The van der Waals surface area contributed by atoms with E-state index in [2.05, 4.69) is 140 Å². The third kappa shape index (κ3) is 4.92. The molecule has 2 aromatic heterocycles. The first-order chi connectivity index (χ1) is 26.7. The smallest absolute Gasteiger partial charge is 0.164 e. The van der Waals surface area contributed by atoms with Gasteiger partial charge in [-0.05, 0) is 89.9 Å². The molecule has 0 fully saturated rings. The van der Waals surface area contributed by atoms with Crippen LogP contribution in [0.15, 0.2) is 182 Å². The lowest BCUT2D eigenvalue weighted by Gasteiger charge is -2.13. The summed E-state index contributed by atoms with van der Waals surface area (Å²) in [7, 11) is 0. The highest BCUT2D eigenvalue weighted by Gasteiger charge is 2.17. The molecule has 4 heteroatoms. The van der Waals surface area contributed by atoms with E-state index in [1.807, 2.05) is 42.6 Å². The van der Waals surface area contributed by atoms with E-state index in [0.717, 1.165) is 54.7 Å². The van der Waals surface area contributed by atoms with Crippen LogP contribution in [0.4, 0.5) is 0 Å². The van der Waals surface area contributed by atoms with E-state index in [-0.39, 0.29) is 0 Å². The molecular formula is C50H30N4. The van der Waals surface area contributed by atoms with Gasteiger partial charge in [0.25, 0.3) is 0 Å². The van der Waals surface area contributed by atoms with Gasteiger partial charge in [-0.25, -0.2) is 15.0 Å². The maximum absolute atomic E-state index is 5.19. The van der Waals surface area contributed by atoms with Gasteiger partial charge in [0.05, 0.1) is 5.52 Å². The molecule has 9 aromatic carbocycles. The first-order valence-electron chi connectivity index (χ1n) is 18.2. The zero-order valence-electron chi connectivity index (χ0n) is 29.1. The molecule has 11 rings (SSSR count). The van der Waals surface area contributed by atoms with Gasteiger partial charge in [-0.3, -0.25) is 4.98 Å². The highest BCUT2D eigenvalue weighted by Crippen LogP contribution is 2.38. The lowest BCUT2D eigenvalue weighted by atomic mass is 9.91. The minimum atomic E-state index is 0.630. The molecule has 0 saturated carbocycles. The maximum Gasteiger partial charge on any atom is 0.164 e. The van der Waals surface area contributed by atoms with E-state index in [9.17, 15) is 0 Å². The number of fused-ring (bicyclic) bond motifs is 10. The van der Waals surface area contributed by atoms with Crippen LogP contribution >= 0.6 is 0 Å². The molecule has 0 atom stereocenters. The Kier molecular flexibility index (Phi) is 6.82. The molecular weight excluding hydrogens is 657 g/mol. The van der Waals surface area contributed by atoms with Crippen LogP contribution in [-0.4, -0.2) is 19.9 Å². The SMILES string of the molecule is c1ccc(-c2nc(-c3ccc4ccc(-c5ccc6c7ccccc7c7ccccc7c6c5)cc4c3)nc(-c3cc4cccnc4c4ccccc34)n2)cc1. The van der Waals surface area contributed by atoms with Gasteiger partial charge in [0.15, 0.2) is 17.5 Å². The molecule has 0 aliphatic rings. The van der Waals surface area contributed by atoms with Crippen molar-refractivity contribution in [2.45, 2.75) is 0 Å². The Bertz CT molecular complexity index is 3240. The zero-order chi connectivity index (χ0) is 35.6. The van der Waals surface area contributed by atoms with Gasteiger partial charge in [-0.15, -0.1) is 0 Å². The quantitative estimate of drug-likeness (QED) is 0.173. The second-order valence-electron chi connectivity index (χ2n) is 13.8. The molecule has 0 radical (unpaired) electrons. The third-order valence-corrected chi connectivity index (χ3v) is 10.7. The number of pyridine rings is 1. The molecule has 0 unspecified atom stereocenters. The van der Waals surface area contributed by atoms with Gasteiger partial charge in [-0.1, -0.05) is 146 Å². The van der Waals surface area contributed by atoms with Gasteiger partial charge in [0.2, 0.25) is 0 Å². The minimum Gasteiger partial charge on any atom is -0.256 e.